The number of nitrogens with one attached hydrogen (secondary N) is 1. The summed E-state index contributed by atoms with van der Waals surface area (Å²) in [5.41, 5.74) is 1.57. The van der Waals surface area contributed by atoms with E-state index in [1.54, 1.807) is 18.5 Å². The van der Waals surface area contributed by atoms with Crippen molar-refractivity contribution in [3.05, 3.63) is 53.7 Å². The van der Waals surface area contributed by atoms with Crippen molar-refractivity contribution in [2.75, 3.05) is 7.11 Å². The number of carbonyl (C=O) groups excluding carboxylic acids is 1. The van der Waals surface area contributed by atoms with Crippen LogP contribution in [0.1, 0.15) is 34.6 Å². The second-order valence-corrected chi connectivity index (χ2v) is 4.18. The molecule has 2 heterocycles. The quantitative estimate of drug-likeness (QED) is 0.836. The van der Waals surface area contributed by atoms with E-state index in [1.807, 2.05) is 12.1 Å². The maximum absolute atomic E-state index is 11.3. The van der Waals surface area contributed by atoms with Gasteiger partial charge in [-0.1, -0.05) is 0 Å². The van der Waals surface area contributed by atoms with Gasteiger partial charge in [0.05, 0.1) is 19.2 Å². The molecular formula is C14H16N2O3. The number of ether oxygens (including phenoxy) is 1. The van der Waals surface area contributed by atoms with Gasteiger partial charge >= 0.3 is 5.97 Å². The average molecular weight is 260 g/mol. The van der Waals surface area contributed by atoms with Crippen molar-refractivity contribution < 1.29 is 13.9 Å². The largest absolute Gasteiger partial charge is 0.467 e. The molecular weight excluding hydrogens is 244 g/mol. The fraction of sp³-hybridized carbons (Fsp3) is 0.286. The fourth-order valence-electron chi connectivity index (χ4n) is 1.72. The van der Waals surface area contributed by atoms with Crippen LogP contribution in [0.25, 0.3) is 0 Å². The number of hydrogen-bond acceptors (Lipinski definition) is 5. The van der Waals surface area contributed by atoms with Gasteiger partial charge < -0.3 is 14.5 Å². The van der Waals surface area contributed by atoms with E-state index in [0.29, 0.717) is 17.9 Å². The third-order valence-electron chi connectivity index (χ3n) is 2.86. The Kier molecular flexibility index (Phi) is 4.30. The summed E-state index contributed by atoms with van der Waals surface area (Å²) >= 11 is 0. The minimum Gasteiger partial charge on any atom is -0.467 e. The van der Waals surface area contributed by atoms with Gasteiger partial charge in [-0.3, -0.25) is 4.98 Å². The Labute approximate surface area is 111 Å². The highest BCUT2D eigenvalue weighted by molar-refractivity contribution is 5.88. The summed E-state index contributed by atoms with van der Waals surface area (Å²) in [5, 5.41) is 3.31. The molecule has 2 aromatic rings. The molecule has 0 saturated carbocycles. The van der Waals surface area contributed by atoms with E-state index in [1.165, 1.54) is 13.4 Å². The van der Waals surface area contributed by atoms with Gasteiger partial charge in [0.2, 0.25) is 0 Å². The van der Waals surface area contributed by atoms with E-state index < -0.39 is 5.97 Å². The molecule has 100 valence electrons. The third kappa shape index (κ3) is 3.42. The molecule has 0 bridgehead atoms. The second-order valence-electron chi connectivity index (χ2n) is 4.18. The monoisotopic (exact) mass is 260 g/mol. The number of furan rings is 1. The summed E-state index contributed by atoms with van der Waals surface area (Å²) < 4.78 is 9.92. The molecule has 1 atom stereocenters. The fourth-order valence-corrected chi connectivity index (χ4v) is 1.72. The minimum atomic E-state index is -0.391. The maximum atomic E-state index is 11.3. The van der Waals surface area contributed by atoms with E-state index in [4.69, 9.17) is 4.42 Å². The first-order chi connectivity index (χ1) is 9.20. The Morgan fingerprint density at radius 2 is 2.21 bits per heavy atom. The van der Waals surface area contributed by atoms with Crippen molar-refractivity contribution in [2.24, 2.45) is 0 Å². The molecule has 5 nitrogen and oxygen atoms in total. The highest BCUT2D eigenvalue weighted by Crippen LogP contribution is 2.13. The predicted molar refractivity (Wildman–Crippen MR) is 69.5 cm³/mol. The standard InChI is InChI=1S/C14H16N2O3/c1-10(11-3-5-15-6-4-11)16-8-13-7-12(9-19-13)14(17)18-2/h3-7,9-10,16H,8H2,1-2H3. The molecule has 0 aliphatic rings. The van der Waals surface area contributed by atoms with Crippen LogP contribution in [-0.2, 0) is 11.3 Å². The lowest BCUT2D eigenvalue weighted by Gasteiger charge is -2.12. The van der Waals surface area contributed by atoms with Crippen molar-refractivity contribution in [1.82, 2.24) is 10.3 Å². The van der Waals surface area contributed by atoms with E-state index >= 15 is 0 Å². The zero-order valence-electron chi connectivity index (χ0n) is 10.9. The van der Waals surface area contributed by atoms with Crippen LogP contribution in [0.15, 0.2) is 41.3 Å². The molecule has 5 heteroatoms. The van der Waals surface area contributed by atoms with Gasteiger partial charge in [-0.2, -0.15) is 0 Å². The van der Waals surface area contributed by atoms with Crippen LogP contribution in [0.2, 0.25) is 0 Å². The molecule has 0 saturated heterocycles. The molecule has 0 amide bonds. The Balaban J connectivity index is 1.92. The lowest BCUT2D eigenvalue weighted by molar-refractivity contribution is 0.0600. The van der Waals surface area contributed by atoms with E-state index in [2.05, 4.69) is 22.0 Å². The number of methoxy groups -OCH3 is 1. The third-order valence-corrected chi connectivity index (χ3v) is 2.86. The first-order valence-corrected chi connectivity index (χ1v) is 5.99. The Hall–Kier alpha value is -2.14. The van der Waals surface area contributed by atoms with Crippen LogP contribution in [0.5, 0.6) is 0 Å². The van der Waals surface area contributed by atoms with Gasteiger partial charge in [0.1, 0.15) is 12.0 Å². The van der Waals surface area contributed by atoms with Crippen LogP contribution < -0.4 is 5.32 Å². The van der Waals surface area contributed by atoms with Crippen LogP contribution >= 0.6 is 0 Å². The SMILES string of the molecule is COC(=O)c1coc(CNC(C)c2ccncc2)c1. The maximum Gasteiger partial charge on any atom is 0.341 e. The van der Waals surface area contributed by atoms with Gasteiger partial charge in [-0.15, -0.1) is 0 Å². The molecule has 0 fully saturated rings. The van der Waals surface area contributed by atoms with Crippen LogP contribution in [0.3, 0.4) is 0 Å². The highest BCUT2D eigenvalue weighted by Gasteiger charge is 2.11. The normalized spacial score (nSPS) is 12.1. The molecule has 1 unspecified atom stereocenters. The van der Waals surface area contributed by atoms with Crippen molar-refractivity contribution in [2.45, 2.75) is 19.5 Å². The number of carbonyl (C=O) groups is 1. The zero-order chi connectivity index (χ0) is 13.7. The van der Waals surface area contributed by atoms with Crippen molar-refractivity contribution in [3.8, 4) is 0 Å². The Morgan fingerprint density at radius 1 is 1.47 bits per heavy atom. The summed E-state index contributed by atoms with van der Waals surface area (Å²) in [6.07, 6.45) is 4.92. The van der Waals surface area contributed by atoms with Crippen molar-refractivity contribution in [1.29, 1.82) is 0 Å². The average Bonchev–Trinajstić information content (AvgIpc) is 2.93. The molecule has 2 rings (SSSR count). The highest BCUT2D eigenvalue weighted by atomic mass is 16.5. The Morgan fingerprint density at radius 3 is 2.89 bits per heavy atom. The molecule has 19 heavy (non-hydrogen) atoms. The van der Waals surface area contributed by atoms with Gasteiger partial charge in [0.25, 0.3) is 0 Å². The van der Waals surface area contributed by atoms with Gasteiger partial charge in [-0.05, 0) is 30.7 Å². The van der Waals surface area contributed by atoms with E-state index in [-0.39, 0.29) is 6.04 Å². The second kappa shape index (κ2) is 6.15. The topological polar surface area (TPSA) is 64.4 Å². The van der Waals surface area contributed by atoms with Crippen LogP contribution in [0, 0.1) is 0 Å². The lowest BCUT2D eigenvalue weighted by atomic mass is 10.1. The van der Waals surface area contributed by atoms with E-state index in [0.717, 1.165) is 5.56 Å². The van der Waals surface area contributed by atoms with Crippen LogP contribution in [-0.4, -0.2) is 18.1 Å². The first kappa shape index (κ1) is 13.3. The summed E-state index contributed by atoms with van der Waals surface area (Å²) in [5.74, 6) is 0.304. The molecule has 0 aliphatic carbocycles. The number of rotatable bonds is 5. The number of nitrogens with zero attached hydrogens (tertiary/aromatic N) is 1. The predicted octanol–water partition coefficient (Wildman–Crippen LogP) is 2.31. The molecule has 0 radical (unpaired) electrons. The Bertz CT molecular complexity index is 537. The van der Waals surface area contributed by atoms with Gasteiger partial charge in [0.15, 0.2) is 0 Å². The zero-order valence-corrected chi connectivity index (χ0v) is 10.9. The number of pyridine rings is 1. The summed E-state index contributed by atoms with van der Waals surface area (Å²) in [6.45, 7) is 2.60. The first-order valence-electron chi connectivity index (χ1n) is 5.99. The van der Waals surface area contributed by atoms with Gasteiger partial charge in [-0.25, -0.2) is 4.79 Å². The number of aromatic nitrogens is 1. The van der Waals surface area contributed by atoms with Gasteiger partial charge in [0, 0.05) is 18.4 Å². The minimum absolute atomic E-state index is 0.176. The molecule has 0 spiro atoms. The van der Waals surface area contributed by atoms with Crippen LogP contribution in [0.4, 0.5) is 0 Å². The molecule has 2 aromatic heterocycles. The smallest absolute Gasteiger partial charge is 0.341 e. The number of hydrogen-bond donors (Lipinski definition) is 1. The van der Waals surface area contributed by atoms with E-state index in [9.17, 15) is 4.79 Å². The lowest BCUT2D eigenvalue weighted by Crippen LogP contribution is -2.17. The number of esters is 1. The van der Waals surface area contributed by atoms with Crippen molar-refractivity contribution in [3.63, 3.8) is 0 Å². The summed E-state index contributed by atoms with van der Waals surface area (Å²) in [4.78, 5) is 15.3. The molecule has 1 N–H and O–H groups in total. The molecule has 0 aliphatic heterocycles. The summed E-state index contributed by atoms with van der Waals surface area (Å²) in [6, 6.07) is 5.77. The molecule has 0 aromatic carbocycles. The summed E-state index contributed by atoms with van der Waals surface area (Å²) in [7, 11) is 1.35. The van der Waals surface area contributed by atoms with Crippen molar-refractivity contribution >= 4 is 5.97 Å².